The summed E-state index contributed by atoms with van der Waals surface area (Å²) in [4.78, 5) is 36.1. The Morgan fingerprint density at radius 1 is 0.341 bits per heavy atom. The lowest BCUT2D eigenvalue weighted by Gasteiger charge is -2.29. The van der Waals surface area contributed by atoms with Crippen molar-refractivity contribution < 1.29 is 0 Å². The number of nitrogen functional groups attached to an aromatic ring is 7. The summed E-state index contributed by atoms with van der Waals surface area (Å²) in [6.45, 7) is 10.2. The van der Waals surface area contributed by atoms with Crippen LogP contribution in [-0.4, -0.2) is 197 Å². The molecule has 0 bridgehead atoms. The van der Waals surface area contributed by atoms with Gasteiger partial charge in [0.1, 0.15) is 81.5 Å². The number of nitrogens with two attached hydrogens (primary N) is 8. The first-order chi connectivity index (χ1) is 66.9. The van der Waals surface area contributed by atoms with Crippen LogP contribution in [-0.2, 0) is 19.5 Å². The van der Waals surface area contributed by atoms with Gasteiger partial charge in [-0.3, -0.25) is 0 Å². The van der Waals surface area contributed by atoms with Crippen molar-refractivity contribution in [2.45, 2.75) is 101 Å². The van der Waals surface area contributed by atoms with E-state index in [4.69, 9.17) is 45.9 Å². The fraction of sp³-hybridized carbons (Fsp3) is 0.283. The molecule has 4 aliphatic rings. The number of aromatic nitrogens is 21. The molecule has 0 saturated carbocycles. The summed E-state index contributed by atoms with van der Waals surface area (Å²) in [5.41, 5.74) is 58.8. The molecule has 718 valence electrons. The zero-order valence-electron chi connectivity index (χ0n) is 75.3. The number of benzene rings is 4. The second kappa shape index (κ2) is 46.8. The average molecular weight is 2320 g/mol. The lowest BCUT2D eigenvalue weighted by Crippen LogP contribution is -2.36. The minimum Gasteiger partial charge on any atom is -0.383 e. The maximum absolute atomic E-state index is 6.02. The standard InChI is InChI=1S/C19H16BrN5.C14H14BrN5.C13H12BrN5.3C12H17BrN6.C10H13BrN6/c20-16-12-23-25-17(21)10-18(24-19(16)25)22-11-13-6-8-15(9-7-13)14-4-2-1-3-5-14;15-11-9-18-20-12(16)8-13(19-14(11)20)17-7-6-10-4-2-1-3-5-10;14-10-8-17-19-11(15)6-12(18-13(10)19)16-7-9-4-2-1-3-5-9;1-18-4-2-8(3-5-18)16-11-6-10(14)19-12(17-11)9(13)7-15-19;2*13-9-7-17-19-10(14)6-11(18-12(9)19)16-5-3-8-2-1-4-15-8;11-7-4-14-17-8(13)3-9(15-10(7)17)16-2-1-6(12)5-16/h1-10,12H,11,21H2,(H,22,24);1-5,8-9H,6-7,16H2,(H,17,19);1-6,8H,7,15H2,(H,16,18);6-8H,2-5,14H2,1H3,(H,16,17);2*6-8,15H,1-5,14H2,(H,16,18);3-4,6H,1-2,5,12-13H2/t;;;;2*8-;6-/m....100/s1. The lowest BCUT2D eigenvalue weighted by molar-refractivity contribution is 0.263. The molecule has 18 aromatic rings. The van der Waals surface area contributed by atoms with Gasteiger partial charge < -0.3 is 98.2 Å². The molecule has 46 heteroatoms. The Morgan fingerprint density at radius 2 is 0.659 bits per heavy atom. The summed E-state index contributed by atoms with van der Waals surface area (Å²) in [6.07, 6.45) is 23.3. The molecule has 4 aliphatic heterocycles. The minimum absolute atomic E-state index is 0.225. The van der Waals surface area contributed by atoms with Crippen LogP contribution in [0.2, 0.25) is 0 Å². The molecule has 3 atom stereocenters. The van der Waals surface area contributed by atoms with Crippen LogP contribution in [0.4, 0.5) is 81.5 Å². The monoisotopic (exact) mass is 2310 g/mol. The molecule has 4 saturated heterocycles. The van der Waals surface area contributed by atoms with Crippen LogP contribution >= 0.6 is 112 Å². The third-order valence-corrected chi connectivity index (χ3v) is 27.1. The number of piperidine rings is 1. The third-order valence-electron chi connectivity index (χ3n) is 23.1. The van der Waals surface area contributed by atoms with E-state index in [1.54, 1.807) is 93.2 Å². The highest BCUT2D eigenvalue weighted by Gasteiger charge is 2.24. The molecule has 4 fully saturated rings. The van der Waals surface area contributed by atoms with Gasteiger partial charge in [-0.05, 0) is 237 Å². The number of fused-ring (bicyclic) bond motifs is 7. The van der Waals surface area contributed by atoms with E-state index >= 15 is 0 Å². The minimum atomic E-state index is 0.225. The molecule has 22 rings (SSSR count). The summed E-state index contributed by atoms with van der Waals surface area (Å²) in [7, 11) is 2.15. The first kappa shape index (κ1) is 98.7. The average Bonchev–Trinajstić information content (AvgIpc) is 1.64. The Kier molecular flexibility index (Phi) is 33.5. The number of halogens is 7. The number of likely N-dealkylation sites (tertiary alicyclic amines) is 1. The van der Waals surface area contributed by atoms with Crippen molar-refractivity contribution in [3.8, 4) is 11.1 Å². The summed E-state index contributed by atoms with van der Waals surface area (Å²) >= 11 is 23.9. The van der Waals surface area contributed by atoms with Crippen molar-refractivity contribution in [2.75, 3.05) is 143 Å². The second-order valence-electron chi connectivity index (χ2n) is 33.2. The molecule has 0 spiro atoms. The van der Waals surface area contributed by atoms with Gasteiger partial charge in [0.2, 0.25) is 0 Å². The topological polar surface area (TPSA) is 522 Å². The molecule has 4 aromatic carbocycles. The zero-order chi connectivity index (χ0) is 96.3. The van der Waals surface area contributed by atoms with Crippen LogP contribution in [0.25, 0.3) is 50.7 Å². The fourth-order valence-corrected chi connectivity index (χ4v) is 18.3. The van der Waals surface area contributed by atoms with Gasteiger partial charge in [0.25, 0.3) is 0 Å². The van der Waals surface area contributed by atoms with Crippen molar-refractivity contribution in [1.82, 2.24) is 118 Å². The van der Waals surface area contributed by atoms with E-state index < -0.39 is 0 Å². The van der Waals surface area contributed by atoms with Crippen molar-refractivity contribution in [3.05, 3.63) is 249 Å². The molecule has 0 amide bonds. The van der Waals surface area contributed by atoms with E-state index in [2.05, 4.69) is 302 Å². The number of rotatable bonds is 22. The normalized spacial score (nSPS) is 15.3. The number of nitrogens with zero attached hydrogens (tertiary/aromatic N) is 23. The van der Waals surface area contributed by atoms with Gasteiger partial charge in [-0.25, -0.2) is 34.9 Å². The molecular weight excluding hydrogens is 2210 g/mol. The Bertz CT molecular complexity index is 6970. The SMILES string of the molecule is CN1CCC(Nc2cc(N)n3ncc(Br)c3n2)CC1.Nc1cc(N2CC[C@H](N)C2)nc2c(Br)cnn12.Nc1cc(NCC[C@@H]2CCCN2)nc2c(Br)cnn12.Nc1cc(NCC[C@H]2CCCN2)nc2c(Br)cnn12.Nc1cc(NCCc2ccccc2)nc2c(Br)cnn12.Nc1cc(NCc2ccc(-c3ccccc3)cc2)nc2c(Br)cnn12.Nc1cc(NCc2ccccc2)nc2c(Br)cnn12. The predicted octanol–water partition coefficient (Wildman–Crippen LogP) is 15.2. The predicted molar refractivity (Wildman–Crippen MR) is 575 cm³/mol. The van der Waals surface area contributed by atoms with Gasteiger partial charge in [0.15, 0.2) is 39.5 Å². The molecule has 24 N–H and O–H groups in total. The largest absolute Gasteiger partial charge is 0.383 e. The molecule has 0 aliphatic carbocycles. The smallest absolute Gasteiger partial charge is 0.173 e. The first-order valence-corrected chi connectivity index (χ1v) is 50.4. The van der Waals surface area contributed by atoms with E-state index in [-0.39, 0.29) is 6.04 Å². The number of nitrogens with one attached hydrogen (secondary N) is 8. The molecule has 39 nitrogen and oxygen atoms in total. The van der Waals surface area contributed by atoms with Gasteiger partial charge in [0, 0.05) is 112 Å². The summed E-state index contributed by atoms with van der Waals surface area (Å²) in [6, 6.07) is 53.9. The van der Waals surface area contributed by atoms with E-state index in [9.17, 15) is 0 Å². The van der Waals surface area contributed by atoms with E-state index in [0.29, 0.717) is 88.9 Å². The van der Waals surface area contributed by atoms with Gasteiger partial charge >= 0.3 is 0 Å². The van der Waals surface area contributed by atoms with Gasteiger partial charge in [-0.15, -0.1) is 0 Å². The fourth-order valence-electron chi connectivity index (χ4n) is 15.9. The number of hydrogen-bond donors (Lipinski definition) is 16. The lowest BCUT2D eigenvalue weighted by atomic mass is 10.0. The molecule has 0 radical (unpaired) electrons. The van der Waals surface area contributed by atoms with Crippen LogP contribution in [0.3, 0.4) is 0 Å². The van der Waals surface area contributed by atoms with Crippen molar-refractivity contribution in [2.24, 2.45) is 5.73 Å². The highest BCUT2D eigenvalue weighted by atomic mass is 79.9. The summed E-state index contributed by atoms with van der Waals surface area (Å²) in [5, 5.41) is 56.0. The molecule has 14 aromatic heterocycles. The molecule has 18 heterocycles. The molecule has 138 heavy (non-hydrogen) atoms. The van der Waals surface area contributed by atoms with Crippen LogP contribution in [0.15, 0.2) is 232 Å². The van der Waals surface area contributed by atoms with Crippen LogP contribution < -0.4 is 93.3 Å². The van der Waals surface area contributed by atoms with Crippen molar-refractivity contribution in [1.29, 1.82) is 0 Å². The highest BCUT2D eigenvalue weighted by molar-refractivity contribution is 9.11. The van der Waals surface area contributed by atoms with E-state index in [1.807, 2.05) is 78.9 Å². The zero-order valence-corrected chi connectivity index (χ0v) is 86.4. The van der Waals surface area contributed by atoms with Gasteiger partial charge in [-0.2, -0.15) is 67.3 Å². The number of hydrogen-bond acceptors (Lipinski definition) is 32. The Labute approximate surface area is 853 Å². The van der Waals surface area contributed by atoms with Crippen LogP contribution in [0.5, 0.6) is 0 Å². The van der Waals surface area contributed by atoms with Crippen molar-refractivity contribution >= 4 is 232 Å². The van der Waals surface area contributed by atoms with Crippen molar-refractivity contribution in [3.63, 3.8) is 0 Å². The second-order valence-corrected chi connectivity index (χ2v) is 39.2. The van der Waals surface area contributed by atoms with Gasteiger partial charge in [0.05, 0.1) is 74.7 Å². The quantitative estimate of drug-likeness (QED) is 0.0300. The van der Waals surface area contributed by atoms with Crippen LogP contribution in [0.1, 0.15) is 74.5 Å². The van der Waals surface area contributed by atoms with E-state index in [1.165, 1.54) is 53.5 Å². The Balaban J connectivity index is 0.000000117. The maximum Gasteiger partial charge on any atom is 0.173 e. The number of anilines is 14. The molecular formula is C92H106Br7N39. The van der Waals surface area contributed by atoms with Gasteiger partial charge in [-0.1, -0.05) is 115 Å². The highest BCUT2D eigenvalue weighted by Crippen LogP contribution is 2.31. The maximum atomic E-state index is 6.02. The Morgan fingerprint density at radius 3 is 1.02 bits per heavy atom. The Hall–Kier alpha value is -12.4. The third kappa shape index (κ3) is 25.6. The van der Waals surface area contributed by atoms with E-state index in [0.717, 1.165) is 192 Å². The molecule has 0 unspecified atom stereocenters. The van der Waals surface area contributed by atoms with Crippen LogP contribution in [0, 0.1) is 0 Å². The summed E-state index contributed by atoms with van der Waals surface area (Å²) < 4.78 is 17.1. The first-order valence-electron chi connectivity index (χ1n) is 44.9. The summed E-state index contributed by atoms with van der Waals surface area (Å²) in [5.74, 6) is 9.46.